The Morgan fingerprint density at radius 1 is 1.42 bits per heavy atom. The Bertz CT molecular complexity index is 485. The summed E-state index contributed by atoms with van der Waals surface area (Å²) in [6.07, 6.45) is 3.05. The second-order valence-corrected chi connectivity index (χ2v) is 5.05. The molecule has 0 radical (unpaired) electrons. The van der Waals surface area contributed by atoms with Crippen molar-refractivity contribution in [2.45, 2.75) is 25.8 Å². The summed E-state index contributed by atoms with van der Waals surface area (Å²) < 4.78 is 0. The maximum absolute atomic E-state index is 12.0. The first-order valence-corrected chi connectivity index (χ1v) is 6.62. The van der Waals surface area contributed by atoms with Gasteiger partial charge in [0, 0.05) is 37.3 Å². The summed E-state index contributed by atoms with van der Waals surface area (Å²) in [5.74, 6) is -0.134. The highest BCUT2D eigenvalue weighted by Crippen LogP contribution is 2.12. The molecule has 2 amide bonds. The van der Waals surface area contributed by atoms with Crippen molar-refractivity contribution in [1.29, 1.82) is 0 Å². The molecule has 2 heterocycles. The maximum Gasteiger partial charge on any atom is 0.270 e. The molecule has 2 rings (SSSR count). The van der Waals surface area contributed by atoms with Crippen molar-refractivity contribution in [2.24, 2.45) is 0 Å². The lowest BCUT2D eigenvalue weighted by Gasteiger charge is -2.31. The van der Waals surface area contributed by atoms with Gasteiger partial charge in [0.25, 0.3) is 5.91 Å². The molecule has 0 aliphatic carbocycles. The van der Waals surface area contributed by atoms with Crippen LogP contribution in [0.25, 0.3) is 0 Å². The van der Waals surface area contributed by atoms with Crippen molar-refractivity contribution in [2.75, 3.05) is 13.1 Å². The summed E-state index contributed by atoms with van der Waals surface area (Å²) in [6, 6.07) is 3.26. The molecule has 0 saturated carbocycles. The highest BCUT2D eigenvalue weighted by Gasteiger charge is 2.22. The van der Waals surface area contributed by atoms with Gasteiger partial charge in [-0.1, -0.05) is 11.6 Å². The minimum absolute atomic E-state index is 0.0845. The highest BCUT2D eigenvalue weighted by atomic mass is 35.5. The van der Waals surface area contributed by atoms with Gasteiger partial charge in [0.05, 0.1) is 0 Å². The number of pyridine rings is 1. The minimum atomic E-state index is -0.219. The summed E-state index contributed by atoms with van der Waals surface area (Å²) in [7, 11) is 0. The van der Waals surface area contributed by atoms with Crippen LogP contribution in [0.15, 0.2) is 18.3 Å². The minimum Gasteiger partial charge on any atom is -0.348 e. The molecule has 0 aromatic carbocycles. The van der Waals surface area contributed by atoms with E-state index in [0.717, 1.165) is 12.8 Å². The van der Waals surface area contributed by atoms with Gasteiger partial charge in [-0.15, -0.1) is 0 Å². The van der Waals surface area contributed by atoms with Crippen LogP contribution in [0.2, 0.25) is 5.02 Å². The first kappa shape index (κ1) is 13.8. The van der Waals surface area contributed by atoms with E-state index < -0.39 is 0 Å². The highest BCUT2D eigenvalue weighted by molar-refractivity contribution is 6.30. The Labute approximate surface area is 117 Å². The zero-order valence-corrected chi connectivity index (χ0v) is 11.5. The molecule has 19 heavy (non-hydrogen) atoms. The van der Waals surface area contributed by atoms with Gasteiger partial charge in [0.2, 0.25) is 5.91 Å². The second kappa shape index (κ2) is 6.02. The van der Waals surface area contributed by atoms with Crippen molar-refractivity contribution < 1.29 is 9.59 Å². The Morgan fingerprint density at radius 3 is 2.68 bits per heavy atom. The fourth-order valence-electron chi connectivity index (χ4n) is 2.13. The lowest BCUT2D eigenvalue weighted by atomic mass is 10.0. The van der Waals surface area contributed by atoms with Crippen LogP contribution in [0, 0.1) is 0 Å². The van der Waals surface area contributed by atoms with Gasteiger partial charge in [-0.05, 0) is 25.0 Å². The van der Waals surface area contributed by atoms with Gasteiger partial charge < -0.3 is 10.2 Å². The number of hydrogen-bond acceptors (Lipinski definition) is 3. The summed E-state index contributed by atoms with van der Waals surface area (Å²) >= 11 is 5.82. The molecule has 1 aromatic heterocycles. The molecular weight excluding hydrogens is 266 g/mol. The molecule has 0 atom stereocenters. The van der Waals surface area contributed by atoms with E-state index in [-0.39, 0.29) is 17.9 Å². The van der Waals surface area contributed by atoms with Gasteiger partial charge in [-0.25, -0.2) is 0 Å². The van der Waals surface area contributed by atoms with Crippen LogP contribution in [-0.2, 0) is 4.79 Å². The molecule has 1 saturated heterocycles. The summed E-state index contributed by atoms with van der Waals surface area (Å²) in [4.78, 5) is 28.9. The molecule has 102 valence electrons. The number of carbonyl (C=O) groups excluding carboxylic acids is 2. The Morgan fingerprint density at radius 2 is 2.11 bits per heavy atom. The van der Waals surface area contributed by atoms with Crippen molar-refractivity contribution in [3.05, 3.63) is 29.0 Å². The lowest BCUT2D eigenvalue weighted by molar-refractivity contribution is -0.129. The SMILES string of the molecule is CC(=O)N1CCC(NC(=O)c2cc(Cl)ccn2)CC1. The van der Waals surface area contributed by atoms with Gasteiger partial charge >= 0.3 is 0 Å². The number of piperidine rings is 1. The van der Waals surface area contributed by atoms with Crippen molar-refractivity contribution in [3.8, 4) is 0 Å². The third-order valence-electron chi connectivity index (χ3n) is 3.23. The van der Waals surface area contributed by atoms with E-state index in [9.17, 15) is 9.59 Å². The molecule has 0 spiro atoms. The number of likely N-dealkylation sites (tertiary alicyclic amines) is 1. The van der Waals surface area contributed by atoms with Crippen molar-refractivity contribution in [3.63, 3.8) is 0 Å². The molecule has 1 fully saturated rings. The fraction of sp³-hybridized carbons (Fsp3) is 0.462. The predicted molar refractivity (Wildman–Crippen MR) is 72.0 cm³/mol. The number of rotatable bonds is 2. The van der Waals surface area contributed by atoms with Crippen LogP contribution in [0.1, 0.15) is 30.3 Å². The summed E-state index contributed by atoms with van der Waals surface area (Å²) in [5, 5.41) is 3.42. The zero-order valence-electron chi connectivity index (χ0n) is 10.7. The average Bonchev–Trinajstić information content (AvgIpc) is 2.39. The van der Waals surface area contributed by atoms with Crippen LogP contribution < -0.4 is 5.32 Å². The van der Waals surface area contributed by atoms with E-state index in [4.69, 9.17) is 11.6 Å². The van der Waals surface area contributed by atoms with E-state index in [1.165, 1.54) is 6.20 Å². The number of amides is 2. The van der Waals surface area contributed by atoms with Gasteiger partial charge in [0.1, 0.15) is 5.69 Å². The molecule has 1 aliphatic rings. The molecule has 6 heteroatoms. The molecule has 0 bridgehead atoms. The number of halogens is 1. The topological polar surface area (TPSA) is 62.3 Å². The van der Waals surface area contributed by atoms with Crippen molar-refractivity contribution >= 4 is 23.4 Å². The monoisotopic (exact) mass is 281 g/mol. The second-order valence-electron chi connectivity index (χ2n) is 4.61. The van der Waals surface area contributed by atoms with Gasteiger partial charge in [-0.3, -0.25) is 14.6 Å². The van der Waals surface area contributed by atoms with E-state index in [0.29, 0.717) is 23.8 Å². The first-order chi connectivity index (χ1) is 9.06. The lowest BCUT2D eigenvalue weighted by Crippen LogP contribution is -2.46. The Hall–Kier alpha value is -1.62. The molecule has 1 N–H and O–H groups in total. The molecular formula is C13H16ClN3O2. The quantitative estimate of drug-likeness (QED) is 0.893. The van der Waals surface area contributed by atoms with E-state index >= 15 is 0 Å². The van der Waals surface area contributed by atoms with E-state index in [1.54, 1.807) is 24.0 Å². The number of hydrogen-bond donors (Lipinski definition) is 1. The number of nitrogens with zero attached hydrogens (tertiary/aromatic N) is 2. The predicted octanol–water partition coefficient (Wildman–Crippen LogP) is 1.48. The molecule has 1 aliphatic heterocycles. The van der Waals surface area contributed by atoms with Crippen LogP contribution in [0.5, 0.6) is 0 Å². The normalized spacial score (nSPS) is 16.2. The Balaban J connectivity index is 1.89. The maximum atomic E-state index is 12.0. The zero-order chi connectivity index (χ0) is 13.8. The number of nitrogens with one attached hydrogen (secondary N) is 1. The summed E-state index contributed by atoms with van der Waals surface area (Å²) in [6.45, 7) is 2.93. The molecule has 5 nitrogen and oxygen atoms in total. The smallest absolute Gasteiger partial charge is 0.270 e. The standard InChI is InChI=1S/C13H16ClN3O2/c1-9(18)17-6-3-11(4-7-17)16-13(19)12-8-10(14)2-5-15-12/h2,5,8,11H,3-4,6-7H2,1H3,(H,16,19). The number of carbonyl (C=O) groups is 2. The van der Waals surface area contributed by atoms with E-state index in [2.05, 4.69) is 10.3 Å². The summed E-state index contributed by atoms with van der Waals surface area (Å²) in [5.41, 5.74) is 0.321. The largest absolute Gasteiger partial charge is 0.348 e. The van der Waals surface area contributed by atoms with Crippen molar-refractivity contribution in [1.82, 2.24) is 15.2 Å². The van der Waals surface area contributed by atoms with Gasteiger partial charge in [-0.2, -0.15) is 0 Å². The van der Waals surface area contributed by atoms with E-state index in [1.807, 2.05) is 0 Å². The van der Waals surface area contributed by atoms with Crippen LogP contribution >= 0.6 is 11.6 Å². The average molecular weight is 282 g/mol. The fourth-order valence-corrected chi connectivity index (χ4v) is 2.29. The third-order valence-corrected chi connectivity index (χ3v) is 3.47. The van der Waals surface area contributed by atoms with Crippen LogP contribution in [0.3, 0.4) is 0 Å². The number of aromatic nitrogens is 1. The third kappa shape index (κ3) is 3.67. The molecule has 0 unspecified atom stereocenters. The van der Waals surface area contributed by atoms with Gasteiger partial charge in [0.15, 0.2) is 0 Å². The molecule has 1 aromatic rings. The Kier molecular flexibility index (Phi) is 4.37. The van der Waals surface area contributed by atoms with Crippen LogP contribution in [-0.4, -0.2) is 40.8 Å². The first-order valence-electron chi connectivity index (χ1n) is 6.24. The van der Waals surface area contributed by atoms with Crippen LogP contribution in [0.4, 0.5) is 0 Å².